The summed E-state index contributed by atoms with van der Waals surface area (Å²) in [6, 6.07) is 8.18. The number of benzene rings is 1. The van der Waals surface area contributed by atoms with Crippen molar-refractivity contribution in [1.29, 1.82) is 0 Å². The fourth-order valence-electron chi connectivity index (χ4n) is 4.50. The summed E-state index contributed by atoms with van der Waals surface area (Å²) in [4.78, 5) is 44.1. The van der Waals surface area contributed by atoms with Crippen LogP contribution in [0.5, 0.6) is 0 Å². The SMILES string of the molecule is CC(c1cccc2c(-c3cc[nH]c(=O)c3)c(C(=O)O)[nH]c12)n1cc(CN2CC(N)C2)oc1=O. The Bertz CT molecular complexity index is 1470. The first kappa shape index (κ1) is 21.0. The van der Waals surface area contributed by atoms with E-state index in [0.717, 1.165) is 18.7 Å². The number of aromatic amines is 2. The molecule has 0 spiro atoms. The van der Waals surface area contributed by atoms with Gasteiger partial charge in [0.15, 0.2) is 0 Å². The van der Waals surface area contributed by atoms with Gasteiger partial charge in [-0.1, -0.05) is 18.2 Å². The third kappa shape index (κ3) is 3.69. The zero-order valence-corrected chi connectivity index (χ0v) is 17.9. The molecule has 0 radical (unpaired) electrons. The first-order valence-electron chi connectivity index (χ1n) is 10.6. The van der Waals surface area contributed by atoms with E-state index in [1.165, 1.54) is 16.8 Å². The standard InChI is InChI=1S/C23H23N5O5/c1-12(28-11-15(33-23(28)32)10-27-8-14(24)9-27)16-3-2-4-17-19(13-5-6-25-18(29)7-13)21(22(30)31)26-20(16)17/h2-7,11-12,14,26H,8-10,24H2,1H3,(H,25,29)(H,30,31). The maximum Gasteiger partial charge on any atom is 0.419 e. The largest absolute Gasteiger partial charge is 0.477 e. The second-order valence-corrected chi connectivity index (χ2v) is 8.39. The van der Waals surface area contributed by atoms with Crippen molar-refractivity contribution in [1.82, 2.24) is 19.4 Å². The van der Waals surface area contributed by atoms with E-state index in [-0.39, 0.29) is 17.3 Å². The van der Waals surface area contributed by atoms with Crippen LogP contribution in [-0.2, 0) is 6.54 Å². The van der Waals surface area contributed by atoms with Gasteiger partial charge in [0.05, 0.1) is 24.3 Å². The molecule has 1 atom stereocenters. The number of carbonyl (C=O) groups is 1. The fourth-order valence-corrected chi connectivity index (χ4v) is 4.50. The minimum absolute atomic E-state index is 0.0235. The van der Waals surface area contributed by atoms with Gasteiger partial charge in [0.25, 0.3) is 0 Å². The topological polar surface area (TPSA) is 150 Å². The Labute approximate surface area is 187 Å². The second kappa shape index (κ2) is 7.91. The number of rotatable bonds is 6. The number of para-hydroxylation sites is 1. The summed E-state index contributed by atoms with van der Waals surface area (Å²) in [5.41, 5.74) is 7.69. The van der Waals surface area contributed by atoms with Crippen molar-refractivity contribution in [2.75, 3.05) is 13.1 Å². The first-order valence-corrected chi connectivity index (χ1v) is 10.6. The molecule has 10 nitrogen and oxygen atoms in total. The molecule has 1 aliphatic heterocycles. The number of hydrogen-bond donors (Lipinski definition) is 4. The molecule has 1 unspecified atom stereocenters. The molecule has 0 aliphatic carbocycles. The fraction of sp³-hybridized carbons (Fsp3) is 0.261. The van der Waals surface area contributed by atoms with Crippen LogP contribution < -0.4 is 17.0 Å². The van der Waals surface area contributed by atoms with E-state index in [4.69, 9.17) is 10.2 Å². The molecule has 0 saturated carbocycles. The highest BCUT2D eigenvalue weighted by Crippen LogP contribution is 2.35. The van der Waals surface area contributed by atoms with Crippen LogP contribution in [0.3, 0.4) is 0 Å². The number of nitrogens with zero attached hydrogens (tertiary/aromatic N) is 2. The molecular formula is C23H23N5O5. The lowest BCUT2D eigenvalue weighted by atomic mass is 9.99. The van der Waals surface area contributed by atoms with Crippen molar-refractivity contribution in [2.24, 2.45) is 5.73 Å². The molecule has 1 aromatic carbocycles. The van der Waals surface area contributed by atoms with E-state index in [9.17, 15) is 19.5 Å². The molecule has 1 aliphatic rings. The van der Waals surface area contributed by atoms with Gasteiger partial charge in [-0.3, -0.25) is 14.3 Å². The normalized spacial score (nSPS) is 15.6. The van der Waals surface area contributed by atoms with Crippen molar-refractivity contribution in [3.05, 3.63) is 80.6 Å². The maximum absolute atomic E-state index is 12.6. The Hall–Kier alpha value is -3.89. The van der Waals surface area contributed by atoms with Gasteiger partial charge in [-0.05, 0) is 24.1 Å². The Morgan fingerprint density at radius 2 is 2.09 bits per heavy atom. The number of oxazole rings is 1. The Kier molecular flexibility index (Phi) is 5.03. The van der Waals surface area contributed by atoms with Crippen LogP contribution in [0.2, 0.25) is 0 Å². The molecule has 1 saturated heterocycles. The molecular weight excluding hydrogens is 426 g/mol. The molecule has 33 heavy (non-hydrogen) atoms. The van der Waals surface area contributed by atoms with Gasteiger partial charge in [0.1, 0.15) is 11.5 Å². The summed E-state index contributed by atoms with van der Waals surface area (Å²) in [7, 11) is 0. The Morgan fingerprint density at radius 3 is 2.79 bits per heavy atom. The lowest BCUT2D eigenvalue weighted by Crippen LogP contribution is -2.54. The van der Waals surface area contributed by atoms with Crippen LogP contribution in [-0.4, -0.2) is 49.6 Å². The maximum atomic E-state index is 12.6. The van der Waals surface area contributed by atoms with Crippen LogP contribution >= 0.6 is 0 Å². The van der Waals surface area contributed by atoms with Crippen LogP contribution in [0, 0.1) is 0 Å². The van der Waals surface area contributed by atoms with Gasteiger partial charge in [-0.15, -0.1) is 0 Å². The molecule has 4 aromatic rings. The van der Waals surface area contributed by atoms with Crippen molar-refractivity contribution >= 4 is 16.9 Å². The van der Waals surface area contributed by atoms with Gasteiger partial charge in [-0.25, -0.2) is 9.59 Å². The van der Waals surface area contributed by atoms with E-state index in [1.807, 2.05) is 13.0 Å². The number of H-pyrrole nitrogens is 2. The average Bonchev–Trinajstić information content (AvgIpc) is 3.32. The van der Waals surface area contributed by atoms with Gasteiger partial charge in [0, 0.05) is 42.3 Å². The molecule has 5 N–H and O–H groups in total. The van der Waals surface area contributed by atoms with Crippen molar-refractivity contribution in [3.63, 3.8) is 0 Å². The molecule has 3 aromatic heterocycles. The number of fused-ring (bicyclic) bond motifs is 1. The van der Waals surface area contributed by atoms with E-state index < -0.39 is 17.8 Å². The van der Waals surface area contributed by atoms with Gasteiger partial charge in [0.2, 0.25) is 5.56 Å². The highest BCUT2D eigenvalue weighted by molar-refractivity contribution is 6.08. The summed E-state index contributed by atoms with van der Waals surface area (Å²) in [6.07, 6.45) is 3.17. The summed E-state index contributed by atoms with van der Waals surface area (Å²) in [5, 5.41) is 10.5. The third-order valence-corrected chi connectivity index (χ3v) is 6.09. The Morgan fingerprint density at radius 1 is 1.30 bits per heavy atom. The van der Waals surface area contributed by atoms with E-state index in [2.05, 4.69) is 14.9 Å². The first-order chi connectivity index (χ1) is 15.8. The summed E-state index contributed by atoms with van der Waals surface area (Å²) in [6.45, 7) is 3.87. The zero-order valence-electron chi connectivity index (χ0n) is 17.9. The van der Waals surface area contributed by atoms with Crippen LogP contribution in [0.1, 0.15) is 34.8 Å². The summed E-state index contributed by atoms with van der Waals surface area (Å²) < 4.78 is 6.94. The average molecular weight is 449 g/mol. The van der Waals surface area contributed by atoms with E-state index >= 15 is 0 Å². The smallest absolute Gasteiger partial charge is 0.419 e. The van der Waals surface area contributed by atoms with Gasteiger partial charge < -0.3 is 25.2 Å². The molecule has 5 rings (SSSR count). The number of aromatic nitrogens is 3. The predicted octanol–water partition coefficient (Wildman–Crippen LogP) is 1.73. The van der Waals surface area contributed by atoms with Crippen LogP contribution in [0.25, 0.3) is 22.0 Å². The molecule has 0 amide bonds. The lowest BCUT2D eigenvalue weighted by molar-refractivity contribution is 0.0692. The molecule has 0 bridgehead atoms. The summed E-state index contributed by atoms with van der Waals surface area (Å²) >= 11 is 0. The Balaban J connectivity index is 1.59. The number of pyridine rings is 1. The number of hydrogen-bond acceptors (Lipinski definition) is 6. The van der Waals surface area contributed by atoms with Crippen LogP contribution in [0.15, 0.2) is 56.7 Å². The lowest BCUT2D eigenvalue weighted by Gasteiger charge is -2.35. The quantitative estimate of drug-likeness (QED) is 0.350. The zero-order chi connectivity index (χ0) is 23.3. The monoisotopic (exact) mass is 449 g/mol. The van der Waals surface area contributed by atoms with Crippen molar-refractivity contribution in [3.8, 4) is 11.1 Å². The minimum atomic E-state index is -1.14. The van der Waals surface area contributed by atoms with E-state index in [0.29, 0.717) is 34.3 Å². The molecule has 4 heterocycles. The molecule has 170 valence electrons. The number of likely N-dealkylation sites (tertiary alicyclic amines) is 1. The number of carboxylic acids is 1. The van der Waals surface area contributed by atoms with E-state index in [1.54, 1.807) is 24.4 Å². The third-order valence-electron chi connectivity index (χ3n) is 6.09. The highest BCUT2D eigenvalue weighted by Gasteiger charge is 2.26. The number of carboxylic acid groups (broad SMARTS) is 1. The predicted molar refractivity (Wildman–Crippen MR) is 121 cm³/mol. The van der Waals surface area contributed by atoms with Gasteiger partial charge >= 0.3 is 11.7 Å². The van der Waals surface area contributed by atoms with Crippen LogP contribution in [0.4, 0.5) is 0 Å². The highest BCUT2D eigenvalue weighted by atomic mass is 16.4. The molecule has 1 fully saturated rings. The number of nitrogens with one attached hydrogen (secondary N) is 2. The van der Waals surface area contributed by atoms with Crippen molar-refractivity contribution < 1.29 is 14.3 Å². The summed E-state index contributed by atoms with van der Waals surface area (Å²) in [5.74, 6) is -1.08. The number of aromatic carboxylic acids is 1. The van der Waals surface area contributed by atoms with Gasteiger partial charge in [-0.2, -0.15) is 0 Å². The minimum Gasteiger partial charge on any atom is -0.477 e. The second-order valence-electron chi connectivity index (χ2n) is 8.39. The number of nitrogens with two attached hydrogens (primary N) is 1. The molecule has 10 heteroatoms. The van der Waals surface area contributed by atoms with Crippen molar-refractivity contribution in [2.45, 2.75) is 25.6 Å².